The van der Waals surface area contributed by atoms with Crippen LogP contribution in [0, 0.1) is 6.92 Å². The van der Waals surface area contributed by atoms with E-state index in [1.54, 1.807) is 0 Å². The lowest BCUT2D eigenvalue weighted by atomic mass is 10.1. The van der Waals surface area contributed by atoms with Gasteiger partial charge in [-0.15, -0.1) is 0 Å². The van der Waals surface area contributed by atoms with Crippen LogP contribution >= 0.6 is 11.8 Å². The second kappa shape index (κ2) is 3.67. The Morgan fingerprint density at radius 3 is 2.85 bits per heavy atom. The van der Waals surface area contributed by atoms with E-state index in [9.17, 15) is 9.59 Å². The van der Waals surface area contributed by atoms with E-state index in [1.165, 1.54) is 4.57 Å². The van der Waals surface area contributed by atoms with Crippen LogP contribution in [-0.2, 0) is 6.54 Å². The van der Waals surface area contributed by atoms with Crippen molar-refractivity contribution in [3.63, 3.8) is 0 Å². The molecule has 20 heavy (non-hydrogen) atoms. The van der Waals surface area contributed by atoms with E-state index in [4.69, 9.17) is 11.8 Å². The summed E-state index contributed by atoms with van der Waals surface area (Å²) in [6.07, 6.45) is 0. The Morgan fingerprint density at radius 1 is 1.25 bits per heavy atom. The van der Waals surface area contributed by atoms with Gasteiger partial charge in [0.25, 0.3) is 5.56 Å². The molecule has 1 N–H and O–H groups in total. The first-order chi connectivity index (χ1) is 9.58. The second-order valence-corrected chi connectivity index (χ2v) is 5.35. The smallest absolute Gasteiger partial charge is 0.346 e. The Kier molecular flexibility index (Phi) is 2.13. The van der Waals surface area contributed by atoms with Crippen LogP contribution in [0.5, 0.6) is 0 Å². The van der Waals surface area contributed by atoms with E-state index in [0.717, 1.165) is 16.9 Å². The number of benzene rings is 1. The van der Waals surface area contributed by atoms with Crippen LogP contribution in [0.1, 0.15) is 5.56 Å². The summed E-state index contributed by atoms with van der Waals surface area (Å²) in [6, 6.07) is 5.98. The van der Waals surface area contributed by atoms with Crippen molar-refractivity contribution in [1.29, 1.82) is 0 Å². The monoisotopic (exact) mass is 290 g/mol. The molecule has 0 fully saturated rings. The molecule has 0 atom stereocenters. The van der Waals surface area contributed by atoms with Gasteiger partial charge in [0.1, 0.15) is 11.5 Å². The number of aromatic nitrogens is 2. The average Bonchev–Trinajstić information content (AvgIpc) is 2.87. The molecule has 7 heteroatoms. The van der Waals surface area contributed by atoms with Gasteiger partial charge in [-0.3, -0.25) is 9.36 Å². The SMILES string of the molecule is Cc1ccc2c(c1)Nc1c3n(c(=O)n(Cl)c1=O)CCN23. The number of nitrogens with one attached hydrogen (secondary N) is 1. The highest BCUT2D eigenvalue weighted by molar-refractivity contribution is 6.15. The highest BCUT2D eigenvalue weighted by atomic mass is 35.5. The summed E-state index contributed by atoms with van der Waals surface area (Å²) in [6.45, 7) is 3.16. The minimum atomic E-state index is -0.512. The van der Waals surface area contributed by atoms with Gasteiger partial charge in [0, 0.05) is 24.9 Å². The van der Waals surface area contributed by atoms with Gasteiger partial charge in [0.2, 0.25) is 0 Å². The van der Waals surface area contributed by atoms with Crippen molar-refractivity contribution in [3.05, 3.63) is 44.6 Å². The first kappa shape index (κ1) is 11.6. The van der Waals surface area contributed by atoms with Gasteiger partial charge in [-0.25, -0.2) is 4.79 Å². The lowest BCUT2D eigenvalue weighted by Crippen LogP contribution is -2.37. The molecule has 0 unspecified atom stereocenters. The predicted octanol–water partition coefficient (Wildman–Crippen LogP) is 1.53. The third kappa shape index (κ3) is 1.29. The molecule has 0 aliphatic carbocycles. The van der Waals surface area contributed by atoms with Crippen LogP contribution in [0.2, 0.25) is 0 Å². The Hall–Kier alpha value is -2.21. The number of hydrogen-bond donors (Lipinski definition) is 1. The summed E-state index contributed by atoms with van der Waals surface area (Å²) in [5.74, 6) is 0.605. The van der Waals surface area contributed by atoms with Gasteiger partial charge in [-0.05, 0) is 24.6 Å². The van der Waals surface area contributed by atoms with Crippen molar-refractivity contribution in [2.45, 2.75) is 13.5 Å². The largest absolute Gasteiger partial charge is 0.347 e. The molecule has 1 aromatic heterocycles. The topological polar surface area (TPSA) is 59.3 Å². The zero-order valence-electron chi connectivity index (χ0n) is 10.7. The molecule has 2 aromatic rings. The number of anilines is 4. The molecule has 102 valence electrons. The van der Waals surface area contributed by atoms with Crippen LogP contribution in [-0.4, -0.2) is 15.2 Å². The minimum absolute atomic E-state index is 0.357. The molecular weight excluding hydrogens is 280 g/mol. The van der Waals surface area contributed by atoms with Gasteiger partial charge >= 0.3 is 5.69 Å². The first-order valence-corrected chi connectivity index (χ1v) is 6.63. The highest BCUT2D eigenvalue weighted by Crippen LogP contribution is 2.43. The molecule has 1 aromatic carbocycles. The fourth-order valence-electron chi connectivity index (χ4n) is 2.86. The van der Waals surface area contributed by atoms with E-state index < -0.39 is 11.2 Å². The molecule has 0 saturated carbocycles. The van der Waals surface area contributed by atoms with Gasteiger partial charge in [-0.1, -0.05) is 6.07 Å². The van der Waals surface area contributed by atoms with Gasteiger partial charge in [0.15, 0.2) is 0 Å². The molecule has 0 amide bonds. The lowest BCUT2D eigenvalue weighted by Gasteiger charge is -2.29. The first-order valence-electron chi connectivity index (χ1n) is 6.29. The molecule has 2 aliphatic heterocycles. The Morgan fingerprint density at radius 2 is 2.05 bits per heavy atom. The summed E-state index contributed by atoms with van der Waals surface area (Å²) in [4.78, 5) is 26.2. The van der Waals surface area contributed by atoms with E-state index in [1.807, 2.05) is 30.0 Å². The van der Waals surface area contributed by atoms with Crippen LogP contribution in [0.25, 0.3) is 0 Å². The lowest BCUT2D eigenvalue weighted by molar-refractivity contribution is 0.721. The molecule has 0 saturated heterocycles. The fourth-order valence-corrected chi connectivity index (χ4v) is 3.04. The minimum Gasteiger partial charge on any atom is -0.346 e. The number of nitrogens with zero attached hydrogens (tertiary/aromatic N) is 3. The molecule has 3 heterocycles. The number of aryl methyl sites for hydroxylation is 1. The van der Waals surface area contributed by atoms with E-state index in [0.29, 0.717) is 28.7 Å². The number of fused-ring (bicyclic) bond motifs is 2. The molecule has 0 spiro atoms. The molecule has 2 aliphatic rings. The summed E-state index contributed by atoms with van der Waals surface area (Å²) < 4.78 is 2.16. The van der Waals surface area contributed by atoms with E-state index >= 15 is 0 Å². The van der Waals surface area contributed by atoms with Crippen LogP contribution in [0.3, 0.4) is 0 Å². The summed E-state index contributed by atoms with van der Waals surface area (Å²) in [5, 5.41) is 3.11. The van der Waals surface area contributed by atoms with Crippen molar-refractivity contribution in [2.24, 2.45) is 0 Å². The maximum absolute atomic E-state index is 12.2. The van der Waals surface area contributed by atoms with Crippen molar-refractivity contribution >= 4 is 34.7 Å². The fraction of sp³-hybridized carbons (Fsp3) is 0.231. The number of rotatable bonds is 0. The molecule has 0 bridgehead atoms. The zero-order chi connectivity index (χ0) is 14.0. The van der Waals surface area contributed by atoms with E-state index in [2.05, 4.69) is 5.32 Å². The Bertz CT molecular complexity index is 868. The van der Waals surface area contributed by atoms with Gasteiger partial charge in [0.05, 0.1) is 11.4 Å². The quantitative estimate of drug-likeness (QED) is 0.799. The number of halogens is 1. The predicted molar refractivity (Wildman–Crippen MR) is 77.7 cm³/mol. The standard InChI is InChI=1S/C13H11ClN4O2/c1-7-2-3-9-8(6-7)15-10-11-16(9)4-5-17(11)13(20)18(14)12(10)19/h2-3,6,15H,4-5H2,1H3. The van der Waals surface area contributed by atoms with Crippen LogP contribution < -0.4 is 21.5 Å². The van der Waals surface area contributed by atoms with Crippen molar-refractivity contribution < 1.29 is 0 Å². The molecule has 0 radical (unpaired) electrons. The summed E-state index contributed by atoms with van der Waals surface area (Å²) in [7, 11) is 0. The zero-order valence-corrected chi connectivity index (χ0v) is 11.4. The Labute approximate surface area is 118 Å². The van der Waals surface area contributed by atoms with E-state index in [-0.39, 0.29) is 0 Å². The summed E-state index contributed by atoms with van der Waals surface area (Å²) >= 11 is 5.79. The molecule has 4 rings (SSSR count). The molecular formula is C13H11ClN4O2. The van der Waals surface area contributed by atoms with Crippen molar-refractivity contribution in [1.82, 2.24) is 8.65 Å². The summed E-state index contributed by atoms with van der Waals surface area (Å²) in [5.41, 5.74) is 2.28. The van der Waals surface area contributed by atoms with Crippen LogP contribution in [0.4, 0.5) is 22.9 Å². The maximum Gasteiger partial charge on any atom is 0.347 e. The average molecular weight is 291 g/mol. The van der Waals surface area contributed by atoms with Crippen molar-refractivity contribution in [3.8, 4) is 0 Å². The van der Waals surface area contributed by atoms with Gasteiger partial charge in [-0.2, -0.15) is 4.09 Å². The third-order valence-electron chi connectivity index (χ3n) is 3.78. The molecule has 6 nitrogen and oxygen atoms in total. The van der Waals surface area contributed by atoms with Gasteiger partial charge < -0.3 is 10.2 Å². The highest BCUT2D eigenvalue weighted by Gasteiger charge is 2.33. The van der Waals surface area contributed by atoms with Crippen LogP contribution in [0.15, 0.2) is 27.8 Å². The normalized spacial score (nSPS) is 14.8. The maximum atomic E-state index is 12.2. The second-order valence-electron chi connectivity index (χ2n) is 5.02. The Balaban J connectivity index is 2.08. The third-order valence-corrected chi connectivity index (χ3v) is 4.07. The van der Waals surface area contributed by atoms with Crippen molar-refractivity contribution in [2.75, 3.05) is 16.8 Å². The number of hydrogen-bond acceptors (Lipinski definition) is 4.